The van der Waals surface area contributed by atoms with E-state index in [0.29, 0.717) is 5.56 Å². The van der Waals surface area contributed by atoms with Gasteiger partial charge >= 0.3 is 0 Å². The van der Waals surface area contributed by atoms with Crippen molar-refractivity contribution in [3.63, 3.8) is 0 Å². The molecule has 0 aliphatic rings. The van der Waals surface area contributed by atoms with E-state index in [2.05, 4.69) is 10.6 Å². The molecule has 24 heavy (non-hydrogen) atoms. The third-order valence-corrected chi connectivity index (χ3v) is 3.45. The first-order valence-electron chi connectivity index (χ1n) is 8.07. The molecule has 0 bridgehead atoms. The molecule has 2 rings (SSSR count). The van der Waals surface area contributed by atoms with E-state index in [1.165, 1.54) is 0 Å². The van der Waals surface area contributed by atoms with Gasteiger partial charge in [-0.2, -0.15) is 0 Å². The maximum absolute atomic E-state index is 12.5. The summed E-state index contributed by atoms with van der Waals surface area (Å²) in [5.74, 6) is -0.280. The number of hydrogen-bond donors (Lipinski definition) is 2. The minimum absolute atomic E-state index is 0.0929. The van der Waals surface area contributed by atoms with Gasteiger partial charge in [0.1, 0.15) is 0 Å². The van der Waals surface area contributed by atoms with E-state index in [-0.39, 0.29) is 29.8 Å². The SMILES string of the molecule is CC(C)(C)NC(=O)C[C@H](NC(=O)c1ccccc1)c1ccccc1. The van der Waals surface area contributed by atoms with Crippen LogP contribution in [-0.4, -0.2) is 17.4 Å². The number of hydrogen-bond acceptors (Lipinski definition) is 2. The second-order valence-electron chi connectivity index (χ2n) is 6.81. The Morgan fingerprint density at radius 1 is 0.917 bits per heavy atom. The molecule has 0 aromatic heterocycles. The van der Waals surface area contributed by atoms with E-state index in [9.17, 15) is 9.59 Å². The van der Waals surface area contributed by atoms with Crippen LogP contribution in [0.4, 0.5) is 0 Å². The lowest BCUT2D eigenvalue weighted by atomic mass is 10.0. The number of benzene rings is 2. The predicted octanol–water partition coefficient (Wildman–Crippen LogP) is 3.46. The van der Waals surface area contributed by atoms with Gasteiger partial charge in [-0.3, -0.25) is 9.59 Å². The predicted molar refractivity (Wildman–Crippen MR) is 95.6 cm³/mol. The third kappa shape index (κ3) is 5.54. The highest BCUT2D eigenvalue weighted by Crippen LogP contribution is 2.18. The minimum atomic E-state index is -0.374. The number of carbonyl (C=O) groups is 2. The number of rotatable bonds is 5. The van der Waals surface area contributed by atoms with Crippen LogP contribution in [-0.2, 0) is 4.79 Å². The molecule has 0 spiro atoms. The van der Waals surface area contributed by atoms with Gasteiger partial charge in [-0.1, -0.05) is 48.5 Å². The van der Waals surface area contributed by atoms with Crippen molar-refractivity contribution in [1.82, 2.24) is 10.6 Å². The highest BCUT2D eigenvalue weighted by atomic mass is 16.2. The second kappa shape index (κ2) is 7.77. The molecule has 0 radical (unpaired) electrons. The fraction of sp³-hybridized carbons (Fsp3) is 0.300. The number of amides is 2. The van der Waals surface area contributed by atoms with E-state index in [1.807, 2.05) is 69.3 Å². The Labute approximate surface area is 143 Å². The zero-order valence-corrected chi connectivity index (χ0v) is 14.4. The van der Waals surface area contributed by atoms with Crippen molar-refractivity contribution < 1.29 is 9.59 Å². The molecule has 2 aromatic carbocycles. The maximum atomic E-state index is 12.5. The summed E-state index contributed by atoms with van der Waals surface area (Å²) in [5.41, 5.74) is 1.18. The van der Waals surface area contributed by atoms with Crippen molar-refractivity contribution >= 4 is 11.8 Å². The Morgan fingerprint density at radius 3 is 2.00 bits per heavy atom. The molecular weight excluding hydrogens is 300 g/mol. The summed E-state index contributed by atoms with van der Waals surface area (Å²) in [4.78, 5) is 24.8. The zero-order valence-electron chi connectivity index (χ0n) is 14.4. The summed E-state index contributed by atoms with van der Waals surface area (Å²) < 4.78 is 0. The molecule has 2 N–H and O–H groups in total. The summed E-state index contributed by atoms with van der Waals surface area (Å²) in [5, 5.41) is 5.91. The van der Waals surface area contributed by atoms with Crippen molar-refractivity contribution in [2.45, 2.75) is 38.8 Å². The van der Waals surface area contributed by atoms with Gasteiger partial charge in [-0.25, -0.2) is 0 Å². The van der Waals surface area contributed by atoms with Crippen LogP contribution < -0.4 is 10.6 Å². The maximum Gasteiger partial charge on any atom is 0.251 e. The van der Waals surface area contributed by atoms with E-state index in [4.69, 9.17) is 0 Å². The molecule has 0 aliphatic carbocycles. The topological polar surface area (TPSA) is 58.2 Å². The average Bonchev–Trinajstić information content (AvgIpc) is 2.54. The van der Waals surface area contributed by atoms with Crippen LogP contribution in [0.5, 0.6) is 0 Å². The lowest BCUT2D eigenvalue weighted by Gasteiger charge is -2.24. The Morgan fingerprint density at radius 2 is 1.46 bits per heavy atom. The van der Waals surface area contributed by atoms with Crippen LogP contribution >= 0.6 is 0 Å². The van der Waals surface area contributed by atoms with Gasteiger partial charge in [0.15, 0.2) is 0 Å². The largest absolute Gasteiger partial charge is 0.351 e. The third-order valence-electron chi connectivity index (χ3n) is 3.45. The van der Waals surface area contributed by atoms with Crippen molar-refractivity contribution in [3.05, 3.63) is 71.8 Å². The van der Waals surface area contributed by atoms with Crippen LogP contribution in [0.15, 0.2) is 60.7 Å². The van der Waals surface area contributed by atoms with E-state index < -0.39 is 0 Å². The first kappa shape index (κ1) is 17.7. The van der Waals surface area contributed by atoms with Gasteiger partial charge in [0, 0.05) is 11.1 Å². The second-order valence-corrected chi connectivity index (χ2v) is 6.81. The summed E-state index contributed by atoms with van der Waals surface area (Å²) in [6.07, 6.45) is 0.194. The average molecular weight is 324 g/mol. The first-order valence-corrected chi connectivity index (χ1v) is 8.07. The fourth-order valence-electron chi connectivity index (χ4n) is 2.42. The molecule has 4 nitrogen and oxygen atoms in total. The van der Waals surface area contributed by atoms with Crippen LogP contribution in [0.2, 0.25) is 0 Å². The molecule has 2 aromatic rings. The van der Waals surface area contributed by atoms with Gasteiger partial charge in [0.05, 0.1) is 12.5 Å². The Kier molecular flexibility index (Phi) is 5.74. The Balaban J connectivity index is 2.15. The summed E-state index contributed by atoms with van der Waals surface area (Å²) in [6, 6.07) is 18.2. The molecular formula is C20H24N2O2. The van der Waals surface area contributed by atoms with Crippen LogP contribution in [0.1, 0.15) is 49.2 Å². The standard InChI is InChI=1S/C20H24N2O2/c1-20(2,3)22-18(23)14-17(15-10-6-4-7-11-15)21-19(24)16-12-8-5-9-13-16/h4-13,17H,14H2,1-3H3,(H,21,24)(H,22,23)/t17-/m0/s1. The van der Waals surface area contributed by atoms with Gasteiger partial charge in [-0.15, -0.1) is 0 Å². The first-order chi connectivity index (χ1) is 11.3. The smallest absolute Gasteiger partial charge is 0.251 e. The van der Waals surface area contributed by atoms with Crippen LogP contribution in [0, 0.1) is 0 Å². The highest BCUT2D eigenvalue weighted by molar-refractivity contribution is 5.94. The molecule has 0 heterocycles. The number of carbonyl (C=O) groups excluding carboxylic acids is 2. The molecule has 1 atom stereocenters. The van der Waals surface area contributed by atoms with Gasteiger partial charge in [-0.05, 0) is 38.5 Å². The van der Waals surface area contributed by atoms with Gasteiger partial charge < -0.3 is 10.6 Å². The van der Waals surface area contributed by atoms with Crippen molar-refractivity contribution in [1.29, 1.82) is 0 Å². The molecule has 0 unspecified atom stereocenters. The summed E-state index contributed by atoms with van der Waals surface area (Å²) >= 11 is 0. The van der Waals surface area contributed by atoms with Gasteiger partial charge in [0.25, 0.3) is 5.91 Å². The molecule has 0 saturated heterocycles. The summed E-state index contributed by atoms with van der Waals surface area (Å²) in [6.45, 7) is 5.81. The Bertz CT molecular complexity index is 676. The number of nitrogens with one attached hydrogen (secondary N) is 2. The molecule has 2 amide bonds. The minimum Gasteiger partial charge on any atom is -0.351 e. The normalized spacial score (nSPS) is 12.3. The lowest BCUT2D eigenvalue weighted by molar-refractivity contribution is -0.122. The molecule has 0 aliphatic heterocycles. The molecule has 126 valence electrons. The quantitative estimate of drug-likeness (QED) is 0.885. The zero-order chi connectivity index (χ0) is 17.6. The highest BCUT2D eigenvalue weighted by Gasteiger charge is 2.21. The van der Waals surface area contributed by atoms with Crippen LogP contribution in [0.25, 0.3) is 0 Å². The van der Waals surface area contributed by atoms with Crippen molar-refractivity contribution in [2.24, 2.45) is 0 Å². The van der Waals surface area contributed by atoms with Gasteiger partial charge in [0.2, 0.25) is 5.91 Å². The van der Waals surface area contributed by atoms with Crippen LogP contribution in [0.3, 0.4) is 0 Å². The lowest BCUT2D eigenvalue weighted by Crippen LogP contribution is -2.42. The summed E-state index contributed by atoms with van der Waals surface area (Å²) in [7, 11) is 0. The monoisotopic (exact) mass is 324 g/mol. The van der Waals surface area contributed by atoms with E-state index in [1.54, 1.807) is 12.1 Å². The molecule has 4 heteroatoms. The van der Waals surface area contributed by atoms with E-state index >= 15 is 0 Å². The fourth-order valence-corrected chi connectivity index (χ4v) is 2.42. The Hall–Kier alpha value is -2.62. The van der Waals surface area contributed by atoms with E-state index in [0.717, 1.165) is 5.56 Å². The van der Waals surface area contributed by atoms with Crippen molar-refractivity contribution in [2.75, 3.05) is 0 Å². The van der Waals surface area contributed by atoms with Crippen molar-refractivity contribution in [3.8, 4) is 0 Å². The molecule has 0 saturated carbocycles. The molecule has 0 fully saturated rings.